The predicted molar refractivity (Wildman–Crippen MR) is 108 cm³/mol. The largest absolute Gasteiger partial charge is 0.476 e. The molecule has 1 aromatic carbocycles. The third-order valence-corrected chi connectivity index (χ3v) is 4.64. The highest BCUT2D eigenvalue weighted by molar-refractivity contribution is 5.59. The Hall–Kier alpha value is -3.08. The van der Waals surface area contributed by atoms with Gasteiger partial charge in [-0.2, -0.15) is 9.61 Å². The van der Waals surface area contributed by atoms with Gasteiger partial charge in [-0.15, -0.1) is 0 Å². The highest BCUT2D eigenvalue weighted by Gasteiger charge is 2.11. The van der Waals surface area contributed by atoms with Gasteiger partial charge < -0.3 is 14.8 Å². The molecule has 0 unspecified atom stereocenters. The van der Waals surface area contributed by atoms with Crippen LogP contribution in [-0.2, 0) is 4.74 Å². The number of hydrogen-bond acceptors (Lipinski definition) is 6. The Labute approximate surface area is 164 Å². The lowest BCUT2D eigenvalue weighted by Crippen LogP contribution is -2.38. The molecular formula is C21H23N5O2. The van der Waals surface area contributed by atoms with E-state index >= 15 is 0 Å². The molecule has 0 saturated carbocycles. The molecular weight excluding hydrogens is 354 g/mol. The Morgan fingerprint density at radius 3 is 2.75 bits per heavy atom. The summed E-state index contributed by atoms with van der Waals surface area (Å²) >= 11 is 0. The van der Waals surface area contributed by atoms with Crippen molar-refractivity contribution in [2.45, 2.75) is 0 Å². The summed E-state index contributed by atoms with van der Waals surface area (Å²) in [4.78, 5) is 6.75. The number of morpholine rings is 1. The second-order valence-corrected chi connectivity index (χ2v) is 6.46. The molecule has 1 N–H and O–H groups in total. The minimum absolute atomic E-state index is 0.595. The smallest absolute Gasteiger partial charge is 0.218 e. The van der Waals surface area contributed by atoms with E-state index in [0.717, 1.165) is 49.7 Å². The maximum Gasteiger partial charge on any atom is 0.218 e. The zero-order chi connectivity index (χ0) is 19.2. The summed E-state index contributed by atoms with van der Waals surface area (Å²) in [5.41, 5.74) is 3.47. The summed E-state index contributed by atoms with van der Waals surface area (Å²) in [5.74, 6) is 7.00. The molecule has 1 saturated heterocycles. The third-order valence-electron chi connectivity index (χ3n) is 4.64. The SMILES string of the molecule is CNc1ccc(C#Cc2cnn3c(OCCN4CCOCC4)ccnc23)cc1. The number of rotatable bonds is 5. The predicted octanol–water partition coefficient (Wildman–Crippen LogP) is 1.88. The Morgan fingerprint density at radius 1 is 1.14 bits per heavy atom. The summed E-state index contributed by atoms with van der Waals surface area (Å²) in [7, 11) is 1.89. The molecule has 0 bridgehead atoms. The summed E-state index contributed by atoms with van der Waals surface area (Å²) in [6, 6.07) is 9.79. The summed E-state index contributed by atoms with van der Waals surface area (Å²) < 4.78 is 13.0. The normalized spacial score (nSPS) is 14.5. The number of aromatic nitrogens is 3. The number of nitrogens with zero attached hydrogens (tertiary/aromatic N) is 4. The molecule has 3 aromatic rings. The van der Waals surface area contributed by atoms with Gasteiger partial charge in [0.15, 0.2) is 5.65 Å². The van der Waals surface area contributed by atoms with Crippen molar-refractivity contribution in [3.63, 3.8) is 0 Å². The highest BCUT2D eigenvalue weighted by Crippen LogP contribution is 2.15. The number of fused-ring (bicyclic) bond motifs is 1. The van der Waals surface area contributed by atoms with Crippen LogP contribution in [0.15, 0.2) is 42.7 Å². The fraction of sp³-hybridized carbons (Fsp3) is 0.333. The molecule has 7 heteroatoms. The minimum Gasteiger partial charge on any atom is -0.476 e. The second-order valence-electron chi connectivity index (χ2n) is 6.46. The highest BCUT2D eigenvalue weighted by atomic mass is 16.5. The summed E-state index contributed by atoms with van der Waals surface area (Å²) in [6.45, 7) is 4.94. The molecule has 7 nitrogen and oxygen atoms in total. The van der Waals surface area contributed by atoms with Crippen LogP contribution in [0, 0.1) is 11.8 Å². The van der Waals surface area contributed by atoms with Crippen molar-refractivity contribution in [1.29, 1.82) is 0 Å². The van der Waals surface area contributed by atoms with E-state index < -0.39 is 0 Å². The van der Waals surface area contributed by atoms with Crippen LogP contribution in [0.25, 0.3) is 5.65 Å². The van der Waals surface area contributed by atoms with E-state index in [2.05, 4.69) is 32.1 Å². The van der Waals surface area contributed by atoms with Crippen LogP contribution >= 0.6 is 0 Å². The molecule has 3 heterocycles. The van der Waals surface area contributed by atoms with E-state index in [4.69, 9.17) is 9.47 Å². The van der Waals surface area contributed by atoms with Crippen LogP contribution in [-0.4, -0.2) is 66.0 Å². The van der Waals surface area contributed by atoms with Gasteiger partial charge in [-0.1, -0.05) is 11.8 Å². The van der Waals surface area contributed by atoms with Crippen LogP contribution in [0.4, 0.5) is 5.69 Å². The van der Waals surface area contributed by atoms with Gasteiger partial charge in [-0.25, -0.2) is 4.98 Å². The molecule has 144 valence electrons. The van der Waals surface area contributed by atoms with E-state index in [9.17, 15) is 0 Å². The fourth-order valence-corrected chi connectivity index (χ4v) is 3.03. The lowest BCUT2D eigenvalue weighted by molar-refractivity contribution is 0.0318. The third kappa shape index (κ3) is 4.25. The fourth-order valence-electron chi connectivity index (χ4n) is 3.03. The van der Waals surface area contributed by atoms with Gasteiger partial charge in [0.2, 0.25) is 5.88 Å². The van der Waals surface area contributed by atoms with Crippen LogP contribution in [0.1, 0.15) is 11.1 Å². The summed E-state index contributed by atoms with van der Waals surface area (Å²) in [6.07, 6.45) is 3.46. The van der Waals surface area contributed by atoms with Crippen molar-refractivity contribution in [2.24, 2.45) is 0 Å². The number of hydrogen-bond donors (Lipinski definition) is 1. The maximum atomic E-state index is 5.95. The second kappa shape index (κ2) is 8.74. The van der Waals surface area contributed by atoms with Gasteiger partial charge in [0.1, 0.15) is 6.61 Å². The Bertz CT molecular complexity index is 981. The lowest BCUT2D eigenvalue weighted by atomic mass is 10.2. The first kappa shape index (κ1) is 18.3. The quantitative estimate of drug-likeness (QED) is 0.685. The molecule has 0 aliphatic carbocycles. The van der Waals surface area contributed by atoms with Gasteiger partial charge in [0.25, 0.3) is 0 Å². The number of nitrogens with one attached hydrogen (secondary N) is 1. The topological polar surface area (TPSA) is 63.9 Å². The van der Waals surface area contributed by atoms with Gasteiger partial charge in [0, 0.05) is 50.2 Å². The van der Waals surface area contributed by atoms with Gasteiger partial charge in [-0.05, 0) is 24.3 Å². The van der Waals surface area contributed by atoms with Crippen molar-refractivity contribution in [3.05, 3.63) is 53.9 Å². The van der Waals surface area contributed by atoms with E-state index in [-0.39, 0.29) is 0 Å². The monoisotopic (exact) mass is 377 g/mol. The van der Waals surface area contributed by atoms with E-state index in [1.165, 1.54) is 0 Å². The molecule has 0 spiro atoms. The van der Waals surface area contributed by atoms with Crippen molar-refractivity contribution in [1.82, 2.24) is 19.5 Å². The molecule has 1 aliphatic rings. The first-order valence-corrected chi connectivity index (χ1v) is 9.39. The Balaban J connectivity index is 1.46. The molecule has 1 fully saturated rings. The minimum atomic E-state index is 0.595. The summed E-state index contributed by atoms with van der Waals surface area (Å²) in [5, 5.41) is 7.50. The van der Waals surface area contributed by atoms with Crippen LogP contribution in [0.5, 0.6) is 5.88 Å². The Morgan fingerprint density at radius 2 is 1.96 bits per heavy atom. The molecule has 0 radical (unpaired) electrons. The van der Waals surface area contributed by atoms with E-state index in [1.54, 1.807) is 16.9 Å². The standard InChI is InChI=1S/C21H23N5O2/c1-22-19-6-3-17(4-7-19)2-5-18-16-24-26-20(8-9-23-21(18)26)28-15-12-25-10-13-27-14-11-25/h3-4,6-9,16,22H,10-15H2,1H3. The molecule has 2 aromatic heterocycles. The van der Waals surface area contributed by atoms with Crippen molar-refractivity contribution < 1.29 is 9.47 Å². The average molecular weight is 377 g/mol. The number of ether oxygens (including phenoxy) is 2. The average Bonchev–Trinajstić information content (AvgIpc) is 3.17. The van der Waals surface area contributed by atoms with Crippen molar-refractivity contribution >= 4 is 11.3 Å². The number of anilines is 1. The van der Waals surface area contributed by atoms with Crippen molar-refractivity contribution in [2.75, 3.05) is 51.8 Å². The van der Waals surface area contributed by atoms with Gasteiger partial charge >= 0.3 is 0 Å². The van der Waals surface area contributed by atoms with Crippen LogP contribution in [0.2, 0.25) is 0 Å². The molecule has 0 atom stereocenters. The first-order valence-electron chi connectivity index (χ1n) is 9.39. The van der Waals surface area contributed by atoms with Gasteiger partial charge in [0.05, 0.1) is 25.0 Å². The zero-order valence-corrected chi connectivity index (χ0v) is 15.9. The molecule has 28 heavy (non-hydrogen) atoms. The van der Waals surface area contributed by atoms with E-state index in [1.807, 2.05) is 37.4 Å². The lowest BCUT2D eigenvalue weighted by Gasteiger charge is -2.26. The maximum absolute atomic E-state index is 5.95. The Kier molecular flexibility index (Phi) is 5.71. The molecule has 4 rings (SSSR count). The van der Waals surface area contributed by atoms with Crippen molar-refractivity contribution in [3.8, 4) is 17.7 Å². The zero-order valence-electron chi connectivity index (χ0n) is 15.9. The first-order chi connectivity index (χ1) is 13.8. The molecule has 1 aliphatic heterocycles. The van der Waals surface area contributed by atoms with Gasteiger partial charge in [-0.3, -0.25) is 4.90 Å². The number of benzene rings is 1. The molecule has 0 amide bonds. The van der Waals surface area contributed by atoms with E-state index in [0.29, 0.717) is 18.1 Å². The van der Waals surface area contributed by atoms with Crippen LogP contribution < -0.4 is 10.1 Å². The van der Waals surface area contributed by atoms with Crippen LogP contribution in [0.3, 0.4) is 0 Å².